The van der Waals surface area contributed by atoms with Crippen LogP contribution < -0.4 is 10.1 Å². The van der Waals surface area contributed by atoms with E-state index in [0.29, 0.717) is 22.5 Å². The van der Waals surface area contributed by atoms with Crippen molar-refractivity contribution in [1.29, 1.82) is 0 Å². The molecule has 0 unspecified atom stereocenters. The summed E-state index contributed by atoms with van der Waals surface area (Å²) in [6.07, 6.45) is 0. The van der Waals surface area contributed by atoms with Crippen LogP contribution in [0.1, 0.15) is 18.1 Å². The van der Waals surface area contributed by atoms with Gasteiger partial charge >= 0.3 is 0 Å². The van der Waals surface area contributed by atoms with Crippen molar-refractivity contribution < 1.29 is 9.53 Å². The molecule has 0 aliphatic carbocycles. The Morgan fingerprint density at radius 1 is 1.20 bits per heavy atom. The predicted octanol–water partition coefficient (Wildman–Crippen LogP) is 3.50. The summed E-state index contributed by atoms with van der Waals surface area (Å²) in [5.74, 6) is 0.697. The SMILES string of the molecule is CC(=O)Nc1ccccc1Oc1nnc(Cl)c(C)c1C. The first-order valence-corrected chi connectivity index (χ1v) is 6.40. The van der Waals surface area contributed by atoms with Gasteiger partial charge in [0, 0.05) is 12.5 Å². The number of rotatable bonds is 3. The van der Waals surface area contributed by atoms with Crippen LogP contribution >= 0.6 is 11.6 Å². The molecule has 0 aliphatic rings. The Balaban J connectivity index is 2.35. The lowest BCUT2D eigenvalue weighted by atomic mass is 10.2. The number of ether oxygens (including phenoxy) is 1. The molecule has 0 saturated heterocycles. The molecule has 0 bridgehead atoms. The predicted molar refractivity (Wildman–Crippen MR) is 77.3 cm³/mol. The first-order valence-electron chi connectivity index (χ1n) is 6.03. The van der Waals surface area contributed by atoms with Gasteiger partial charge in [-0.1, -0.05) is 23.7 Å². The van der Waals surface area contributed by atoms with Crippen LogP contribution in [0.5, 0.6) is 11.6 Å². The fourth-order valence-corrected chi connectivity index (χ4v) is 1.78. The lowest BCUT2D eigenvalue weighted by molar-refractivity contribution is -0.114. The smallest absolute Gasteiger partial charge is 0.242 e. The highest BCUT2D eigenvalue weighted by Crippen LogP contribution is 2.31. The summed E-state index contributed by atoms with van der Waals surface area (Å²) in [6.45, 7) is 5.14. The van der Waals surface area contributed by atoms with E-state index < -0.39 is 0 Å². The first kappa shape index (κ1) is 14.3. The van der Waals surface area contributed by atoms with Crippen molar-refractivity contribution in [1.82, 2.24) is 10.2 Å². The third-order valence-electron chi connectivity index (χ3n) is 2.83. The maximum atomic E-state index is 11.2. The van der Waals surface area contributed by atoms with Gasteiger partial charge in [0.15, 0.2) is 10.9 Å². The van der Waals surface area contributed by atoms with E-state index in [9.17, 15) is 4.79 Å². The Morgan fingerprint density at radius 3 is 2.60 bits per heavy atom. The number of hydrogen-bond donors (Lipinski definition) is 1. The molecule has 1 amide bonds. The molecular formula is C14H14ClN3O2. The molecule has 5 nitrogen and oxygen atoms in total. The fourth-order valence-electron chi connectivity index (χ4n) is 1.60. The molecular weight excluding hydrogens is 278 g/mol. The van der Waals surface area contributed by atoms with Gasteiger partial charge in [-0.25, -0.2) is 0 Å². The molecule has 2 aromatic rings. The zero-order chi connectivity index (χ0) is 14.7. The van der Waals surface area contributed by atoms with E-state index in [4.69, 9.17) is 16.3 Å². The van der Waals surface area contributed by atoms with E-state index in [2.05, 4.69) is 15.5 Å². The van der Waals surface area contributed by atoms with E-state index in [1.54, 1.807) is 12.1 Å². The molecule has 2 rings (SSSR count). The summed E-state index contributed by atoms with van der Waals surface area (Å²) in [7, 11) is 0. The van der Waals surface area contributed by atoms with Crippen molar-refractivity contribution in [2.75, 3.05) is 5.32 Å². The molecule has 1 aromatic carbocycles. The Labute approximate surface area is 121 Å². The number of halogens is 1. The van der Waals surface area contributed by atoms with E-state index in [1.807, 2.05) is 26.0 Å². The standard InChI is InChI=1S/C14H14ClN3O2/c1-8-9(2)14(18-17-13(8)15)20-12-7-5-4-6-11(12)16-10(3)19/h4-7H,1-3H3,(H,16,19). The highest BCUT2D eigenvalue weighted by molar-refractivity contribution is 6.30. The summed E-state index contributed by atoms with van der Waals surface area (Å²) < 4.78 is 5.73. The van der Waals surface area contributed by atoms with Crippen molar-refractivity contribution >= 4 is 23.2 Å². The van der Waals surface area contributed by atoms with Gasteiger partial charge in [-0.3, -0.25) is 4.79 Å². The summed E-state index contributed by atoms with van der Waals surface area (Å²) >= 11 is 5.90. The van der Waals surface area contributed by atoms with Gasteiger partial charge in [-0.15, -0.1) is 10.2 Å². The lowest BCUT2D eigenvalue weighted by Gasteiger charge is -2.12. The number of para-hydroxylation sites is 2. The second-order valence-corrected chi connectivity index (χ2v) is 4.68. The van der Waals surface area contributed by atoms with E-state index in [0.717, 1.165) is 11.1 Å². The second kappa shape index (κ2) is 5.88. The molecule has 1 N–H and O–H groups in total. The molecule has 0 fully saturated rings. The van der Waals surface area contributed by atoms with Crippen molar-refractivity contribution in [3.63, 3.8) is 0 Å². The molecule has 20 heavy (non-hydrogen) atoms. The van der Waals surface area contributed by atoms with Crippen LogP contribution in [0.25, 0.3) is 0 Å². The van der Waals surface area contributed by atoms with E-state index >= 15 is 0 Å². The highest BCUT2D eigenvalue weighted by atomic mass is 35.5. The van der Waals surface area contributed by atoms with Gasteiger partial charge in [-0.2, -0.15) is 0 Å². The third-order valence-corrected chi connectivity index (χ3v) is 3.18. The quantitative estimate of drug-likeness (QED) is 0.940. The Morgan fingerprint density at radius 2 is 1.90 bits per heavy atom. The van der Waals surface area contributed by atoms with Crippen LogP contribution in [0, 0.1) is 13.8 Å². The molecule has 0 spiro atoms. The van der Waals surface area contributed by atoms with Gasteiger partial charge in [0.1, 0.15) is 0 Å². The van der Waals surface area contributed by atoms with Gasteiger partial charge in [0.25, 0.3) is 0 Å². The van der Waals surface area contributed by atoms with Crippen molar-refractivity contribution in [3.05, 3.63) is 40.5 Å². The molecule has 1 heterocycles. The monoisotopic (exact) mass is 291 g/mol. The number of nitrogens with zero attached hydrogens (tertiary/aromatic N) is 2. The van der Waals surface area contributed by atoms with Crippen LogP contribution in [-0.4, -0.2) is 16.1 Å². The molecule has 1 aromatic heterocycles. The summed E-state index contributed by atoms with van der Waals surface area (Å²) in [6, 6.07) is 7.12. The number of hydrogen-bond acceptors (Lipinski definition) is 4. The maximum absolute atomic E-state index is 11.2. The average Bonchev–Trinajstić information content (AvgIpc) is 2.41. The van der Waals surface area contributed by atoms with Gasteiger partial charge < -0.3 is 10.1 Å². The molecule has 6 heteroatoms. The second-order valence-electron chi connectivity index (χ2n) is 4.33. The van der Waals surface area contributed by atoms with Gasteiger partial charge in [0.05, 0.1) is 5.69 Å². The fraction of sp³-hybridized carbons (Fsp3) is 0.214. The Kier molecular flexibility index (Phi) is 4.20. The molecule has 104 valence electrons. The third kappa shape index (κ3) is 3.05. The molecule has 0 radical (unpaired) electrons. The summed E-state index contributed by atoms with van der Waals surface area (Å²) in [4.78, 5) is 11.2. The van der Waals surface area contributed by atoms with Crippen LogP contribution in [0.4, 0.5) is 5.69 Å². The number of nitrogens with one attached hydrogen (secondary N) is 1. The Bertz CT molecular complexity index is 659. The molecule has 0 aliphatic heterocycles. The van der Waals surface area contributed by atoms with Crippen molar-refractivity contribution in [2.24, 2.45) is 0 Å². The largest absolute Gasteiger partial charge is 0.435 e. The topological polar surface area (TPSA) is 64.1 Å². The summed E-state index contributed by atoms with van der Waals surface area (Å²) in [5, 5.41) is 10.8. The van der Waals surface area contributed by atoms with Crippen molar-refractivity contribution in [3.8, 4) is 11.6 Å². The Hall–Kier alpha value is -2.14. The van der Waals surface area contributed by atoms with Crippen LogP contribution in [0.3, 0.4) is 0 Å². The normalized spacial score (nSPS) is 10.2. The van der Waals surface area contributed by atoms with Crippen LogP contribution in [-0.2, 0) is 4.79 Å². The minimum absolute atomic E-state index is 0.170. The number of anilines is 1. The van der Waals surface area contributed by atoms with E-state index in [1.165, 1.54) is 6.92 Å². The minimum Gasteiger partial charge on any atom is -0.435 e. The number of aromatic nitrogens is 2. The minimum atomic E-state index is -0.170. The van der Waals surface area contributed by atoms with Gasteiger partial charge in [0.2, 0.25) is 11.8 Å². The average molecular weight is 292 g/mol. The van der Waals surface area contributed by atoms with Crippen molar-refractivity contribution in [2.45, 2.75) is 20.8 Å². The maximum Gasteiger partial charge on any atom is 0.242 e. The number of carbonyl (C=O) groups excluding carboxylic acids is 1. The molecule has 0 atom stereocenters. The number of amides is 1. The van der Waals surface area contributed by atoms with E-state index in [-0.39, 0.29) is 5.91 Å². The zero-order valence-electron chi connectivity index (χ0n) is 11.4. The first-order chi connectivity index (χ1) is 9.49. The van der Waals surface area contributed by atoms with Crippen LogP contribution in [0.2, 0.25) is 5.15 Å². The lowest BCUT2D eigenvalue weighted by Crippen LogP contribution is -2.07. The highest BCUT2D eigenvalue weighted by Gasteiger charge is 2.12. The zero-order valence-corrected chi connectivity index (χ0v) is 12.2. The van der Waals surface area contributed by atoms with Crippen LogP contribution in [0.15, 0.2) is 24.3 Å². The van der Waals surface area contributed by atoms with Gasteiger partial charge in [-0.05, 0) is 31.5 Å². The summed E-state index contributed by atoms with van der Waals surface area (Å²) in [5.41, 5.74) is 2.20. The number of benzene rings is 1. The molecule has 0 saturated carbocycles. The number of carbonyl (C=O) groups is 1.